The summed E-state index contributed by atoms with van der Waals surface area (Å²) in [6.07, 6.45) is 0.829. The van der Waals surface area contributed by atoms with Crippen LogP contribution in [0.15, 0.2) is 72.8 Å². The second kappa shape index (κ2) is 10.3. The molecule has 0 aliphatic carbocycles. The van der Waals surface area contributed by atoms with Gasteiger partial charge in [0, 0.05) is 14.3 Å². The average Bonchev–Trinajstić information content (AvgIpc) is 2.76. The molecule has 0 saturated carbocycles. The molecular weight excluding hydrogens is 846 g/mol. The zero-order valence-electron chi connectivity index (χ0n) is 15.9. The Morgan fingerprint density at radius 3 is 1.16 bits per heavy atom. The maximum Gasteiger partial charge on any atom is 0.123 e. The van der Waals surface area contributed by atoms with Gasteiger partial charge < -0.3 is 0 Å². The molecule has 31 heavy (non-hydrogen) atoms. The fraction of sp³-hybridized carbons (Fsp3) is 0.0400. The van der Waals surface area contributed by atoms with Crippen molar-refractivity contribution in [2.75, 3.05) is 0 Å². The van der Waals surface area contributed by atoms with Crippen LogP contribution in [0.25, 0.3) is 22.3 Å². The number of rotatable bonds is 4. The molecule has 0 amide bonds. The van der Waals surface area contributed by atoms with Gasteiger partial charge in [0.05, 0.1) is 0 Å². The third kappa shape index (κ3) is 5.26. The maximum atomic E-state index is 13.3. The van der Waals surface area contributed by atoms with Gasteiger partial charge in [0.2, 0.25) is 0 Å². The summed E-state index contributed by atoms with van der Waals surface area (Å²) in [5.74, 6) is -0.448. The second-order valence-corrected chi connectivity index (χ2v) is 11.3. The first-order valence-electron chi connectivity index (χ1n) is 9.31. The Bertz CT molecular complexity index is 1150. The van der Waals surface area contributed by atoms with E-state index in [1.54, 1.807) is 0 Å². The molecule has 6 heteroatoms. The molecule has 0 bridgehead atoms. The number of hydrogen-bond acceptors (Lipinski definition) is 0. The Morgan fingerprint density at radius 2 is 0.806 bits per heavy atom. The van der Waals surface area contributed by atoms with Gasteiger partial charge in [-0.1, -0.05) is 48.5 Å². The third-order valence-corrected chi connectivity index (χ3v) is 11.8. The Morgan fingerprint density at radius 1 is 0.452 bits per heavy atom. The summed E-state index contributed by atoms with van der Waals surface area (Å²) in [6.45, 7) is 0. The highest BCUT2D eigenvalue weighted by atomic mass is 127. The highest BCUT2D eigenvalue weighted by Gasteiger charge is 2.15. The predicted octanol–water partition coefficient (Wildman–Crippen LogP) is 9.31. The van der Waals surface area contributed by atoms with Crippen LogP contribution in [-0.4, -0.2) is 0 Å². The van der Waals surface area contributed by atoms with Crippen LogP contribution in [0.1, 0.15) is 11.1 Å². The first-order chi connectivity index (χ1) is 14.8. The lowest BCUT2D eigenvalue weighted by molar-refractivity contribution is 0.627. The van der Waals surface area contributed by atoms with Crippen molar-refractivity contribution >= 4 is 90.4 Å². The molecule has 0 nitrogen and oxygen atoms in total. The maximum absolute atomic E-state index is 13.3. The van der Waals surface area contributed by atoms with Crippen molar-refractivity contribution in [3.8, 4) is 22.3 Å². The van der Waals surface area contributed by atoms with Crippen LogP contribution in [0.5, 0.6) is 0 Å². The van der Waals surface area contributed by atoms with Crippen molar-refractivity contribution in [2.24, 2.45) is 0 Å². The van der Waals surface area contributed by atoms with E-state index < -0.39 is 0 Å². The van der Waals surface area contributed by atoms with Crippen LogP contribution < -0.4 is 0 Å². The summed E-state index contributed by atoms with van der Waals surface area (Å²) in [5, 5.41) is 0. The van der Waals surface area contributed by atoms with E-state index in [-0.39, 0.29) is 11.6 Å². The quantitative estimate of drug-likeness (QED) is 0.180. The van der Waals surface area contributed by atoms with Crippen molar-refractivity contribution in [1.29, 1.82) is 0 Å². The van der Waals surface area contributed by atoms with Gasteiger partial charge in [-0.3, -0.25) is 0 Å². The van der Waals surface area contributed by atoms with E-state index in [1.807, 2.05) is 24.3 Å². The number of benzene rings is 4. The fourth-order valence-electron chi connectivity index (χ4n) is 3.36. The van der Waals surface area contributed by atoms with E-state index >= 15 is 0 Å². The van der Waals surface area contributed by atoms with Gasteiger partial charge in [0.15, 0.2) is 0 Å². The topological polar surface area (TPSA) is 0 Å². The third-order valence-electron chi connectivity index (χ3n) is 5.02. The highest BCUT2D eigenvalue weighted by Crippen LogP contribution is 2.35. The molecule has 0 aliphatic rings. The van der Waals surface area contributed by atoms with E-state index in [4.69, 9.17) is 0 Å². The van der Waals surface area contributed by atoms with Crippen LogP contribution in [-0.2, 0) is 6.42 Å². The summed E-state index contributed by atoms with van der Waals surface area (Å²) in [7, 11) is 0. The van der Waals surface area contributed by atoms with Crippen LogP contribution in [0.4, 0.5) is 8.78 Å². The van der Waals surface area contributed by atoms with Crippen molar-refractivity contribution in [1.82, 2.24) is 0 Å². The summed E-state index contributed by atoms with van der Waals surface area (Å²) in [6, 6.07) is 21.9. The number of hydrogen-bond donors (Lipinski definition) is 0. The fourth-order valence-corrected chi connectivity index (χ4v) is 6.36. The minimum Gasteiger partial charge on any atom is -0.207 e. The van der Waals surface area contributed by atoms with E-state index in [2.05, 4.69) is 115 Å². The van der Waals surface area contributed by atoms with Crippen LogP contribution in [0, 0.1) is 25.9 Å². The lowest BCUT2D eigenvalue weighted by atomic mass is 9.98. The molecule has 0 unspecified atom stereocenters. The van der Waals surface area contributed by atoms with Crippen molar-refractivity contribution in [3.05, 3.63) is 110 Å². The Hall–Kier alpha value is -0.340. The van der Waals surface area contributed by atoms with Crippen molar-refractivity contribution < 1.29 is 8.78 Å². The molecule has 0 spiro atoms. The predicted molar refractivity (Wildman–Crippen MR) is 157 cm³/mol. The average molecular weight is 860 g/mol. The summed E-state index contributed by atoms with van der Waals surface area (Å²) in [5.41, 5.74) is 6.79. The van der Waals surface area contributed by atoms with Gasteiger partial charge in [-0.15, -0.1) is 0 Å². The molecule has 0 aliphatic heterocycles. The molecule has 0 saturated heterocycles. The molecule has 4 aromatic carbocycles. The van der Waals surface area contributed by atoms with Crippen molar-refractivity contribution in [2.45, 2.75) is 6.42 Å². The van der Waals surface area contributed by atoms with Gasteiger partial charge in [-0.25, -0.2) is 8.78 Å². The van der Waals surface area contributed by atoms with E-state index in [0.29, 0.717) is 0 Å². The highest BCUT2D eigenvalue weighted by molar-refractivity contribution is 14.1. The molecule has 0 N–H and O–H groups in total. The minimum atomic E-state index is -0.224. The number of halogens is 6. The van der Waals surface area contributed by atoms with Crippen LogP contribution in [0.3, 0.4) is 0 Å². The second-order valence-electron chi connectivity index (χ2n) is 6.99. The van der Waals surface area contributed by atoms with Gasteiger partial charge in [0.1, 0.15) is 11.6 Å². The Balaban J connectivity index is 1.66. The smallest absolute Gasteiger partial charge is 0.123 e. The molecule has 0 aromatic heterocycles. The molecule has 0 atom stereocenters. The molecular formula is C25H14F2I4. The minimum absolute atomic E-state index is 0.224. The van der Waals surface area contributed by atoms with E-state index in [9.17, 15) is 8.78 Å². The summed E-state index contributed by atoms with van der Waals surface area (Å²) < 4.78 is 31.4. The Kier molecular flexibility index (Phi) is 7.90. The normalized spacial score (nSPS) is 11.0. The van der Waals surface area contributed by atoms with Gasteiger partial charge in [-0.2, -0.15) is 0 Å². The zero-order valence-corrected chi connectivity index (χ0v) is 24.5. The van der Waals surface area contributed by atoms with E-state index in [0.717, 1.165) is 28.7 Å². The summed E-state index contributed by atoms with van der Waals surface area (Å²) in [4.78, 5) is 0. The van der Waals surface area contributed by atoms with Gasteiger partial charge >= 0.3 is 0 Å². The monoisotopic (exact) mass is 860 g/mol. The van der Waals surface area contributed by atoms with Crippen LogP contribution in [0.2, 0.25) is 0 Å². The lowest BCUT2D eigenvalue weighted by Crippen LogP contribution is -2.00. The molecule has 4 aromatic rings. The zero-order chi connectivity index (χ0) is 22.1. The standard InChI is InChI=1S/C25H14F2I4/c26-18-7-1-14(2-8-18)20-11-5-16(22(28)24(20)30)13-17-6-12-21(25(31)23(17)29)15-3-9-19(27)10-4-15/h1-12H,13H2. The molecule has 0 heterocycles. The largest absolute Gasteiger partial charge is 0.207 e. The van der Waals surface area contributed by atoms with Gasteiger partial charge in [0.25, 0.3) is 0 Å². The first kappa shape index (κ1) is 23.8. The van der Waals surface area contributed by atoms with Gasteiger partial charge in [-0.05, 0) is 154 Å². The molecule has 156 valence electrons. The summed E-state index contributed by atoms with van der Waals surface area (Å²) >= 11 is 9.58. The SMILES string of the molecule is Fc1ccc(-c2ccc(Cc3ccc(-c4ccc(F)cc4)c(I)c3I)c(I)c2I)cc1. The Labute approximate surface area is 234 Å². The van der Waals surface area contributed by atoms with E-state index in [1.165, 1.54) is 49.7 Å². The van der Waals surface area contributed by atoms with Crippen LogP contribution >= 0.6 is 90.4 Å². The van der Waals surface area contributed by atoms with Crippen molar-refractivity contribution in [3.63, 3.8) is 0 Å². The first-order valence-corrected chi connectivity index (χ1v) is 13.6. The molecule has 0 fully saturated rings. The molecule has 0 radical (unpaired) electrons. The lowest BCUT2D eigenvalue weighted by Gasteiger charge is -2.15. The molecule has 4 rings (SSSR count).